The number of amides is 1. The van der Waals surface area contributed by atoms with Gasteiger partial charge in [0.2, 0.25) is 5.91 Å². The molecule has 0 atom stereocenters. The Morgan fingerprint density at radius 3 is 2.24 bits per heavy atom. The Kier molecular flexibility index (Phi) is 10.8. The highest BCUT2D eigenvalue weighted by Gasteiger charge is 2.21. The standard InChI is InChI=1S/C26H32FN3O2.C2H2O4/c27-23-7-4-20(5-8-23)9-13-29-14-11-24(12-15-29)30-16-10-22-6-3-21(18-25(22)30)19-28-26(32)2-1-17-31;3-1(4)2(5)6/h3-8,10,16,18,24,31H,1-2,9,11-15,17,19H2,(H,28,32);(H,3,4)(H,5,6). The van der Waals surface area contributed by atoms with Crippen LogP contribution in [-0.2, 0) is 27.3 Å². The first-order valence-electron chi connectivity index (χ1n) is 12.7. The van der Waals surface area contributed by atoms with E-state index in [4.69, 9.17) is 24.9 Å². The molecular weight excluding hydrogens is 493 g/mol. The van der Waals surface area contributed by atoms with Crippen LogP contribution in [0.1, 0.15) is 42.9 Å². The number of aliphatic hydroxyl groups is 1. The molecule has 204 valence electrons. The van der Waals surface area contributed by atoms with Gasteiger partial charge in [0.05, 0.1) is 0 Å². The van der Waals surface area contributed by atoms with Crippen molar-refractivity contribution in [2.45, 2.75) is 44.7 Å². The van der Waals surface area contributed by atoms with E-state index in [1.165, 1.54) is 28.6 Å². The maximum absolute atomic E-state index is 13.1. The fourth-order valence-electron chi connectivity index (χ4n) is 4.51. The summed E-state index contributed by atoms with van der Waals surface area (Å²) < 4.78 is 15.5. The van der Waals surface area contributed by atoms with Gasteiger partial charge in [0.25, 0.3) is 0 Å². The van der Waals surface area contributed by atoms with Crippen molar-refractivity contribution in [3.63, 3.8) is 0 Å². The molecule has 38 heavy (non-hydrogen) atoms. The smallest absolute Gasteiger partial charge is 0.414 e. The summed E-state index contributed by atoms with van der Waals surface area (Å²) in [5.74, 6) is -3.85. The predicted octanol–water partition coefficient (Wildman–Crippen LogP) is 3.20. The number of carboxylic acid groups (broad SMARTS) is 2. The monoisotopic (exact) mass is 527 g/mol. The van der Waals surface area contributed by atoms with Crippen molar-refractivity contribution < 1.29 is 34.1 Å². The number of rotatable bonds is 9. The molecule has 0 unspecified atom stereocenters. The number of likely N-dealkylation sites (tertiary alicyclic amines) is 1. The number of hydrogen-bond acceptors (Lipinski definition) is 5. The van der Waals surface area contributed by atoms with Gasteiger partial charge in [-0.2, -0.15) is 0 Å². The molecule has 3 aromatic rings. The molecule has 0 bridgehead atoms. The van der Waals surface area contributed by atoms with Gasteiger partial charge in [-0.05, 0) is 66.5 Å². The predicted molar refractivity (Wildman–Crippen MR) is 140 cm³/mol. The van der Waals surface area contributed by atoms with Crippen molar-refractivity contribution in [2.75, 3.05) is 26.2 Å². The number of carboxylic acids is 2. The Hall–Kier alpha value is -3.76. The lowest BCUT2D eigenvalue weighted by molar-refractivity contribution is -0.159. The van der Waals surface area contributed by atoms with E-state index in [1.807, 2.05) is 12.1 Å². The number of aliphatic hydroxyl groups excluding tert-OH is 1. The zero-order chi connectivity index (χ0) is 27.5. The van der Waals surface area contributed by atoms with Gasteiger partial charge in [0.1, 0.15) is 5.82 Å². The molecule has 10 heteroatoms. The van der Waals surface area contributed by atoms with Crippen LogP contribution in [0.5, 0.6) is 0 Å². The van der Waals surface area contributed by atoms with E-state index in [2.05, 4.69) is 45.2 Å². The number of hydrogen-bond donors (Lipinski definition) is 4. The minimum Gasteiger partial charge on any atom is -0.473 e. The second-order valence-corrected chi connectivity index (χ2v) is 9.28. The molecule has 1 saturated heterocycles. The third-order valence-electron chi connectivity index (χ3n) is 6.60. The van der Waals surface area contributed by atoms with E-state index in [9.17, 15) is 9.18 Å². The molecule has 1 fully saturated rings. The van der Waals surface area contributed by atoms with Gasteiger partial charge >= 0.3 is 11.9 Å². The molecule has 2 heterocycles. The zero-order valence-corrected chi connectivity index (χ0v) is 21.2. The average Bonchev–Trinajstić information content (AvgIpc) is 3.34. The van der Waals surface area contributed by atoms with Crippen molar-refractivity contribution >= 4 is 28.7 Å². The number of piperidine rings is 1. The largest absolute Gasteiger partial charge is 0.473 e. The van der Waals surface area contributed by atoms with Crippen LogP contribution in [0.2, 0.25) is 0 Å². The number of carbonyl (C=O) groups excluding carboxylic acids is 1. The summed E-state index contributed by atoms with van der Waals surface area (Å²) in [5.41, 5.74) is 3.49. The minimum atomic E-state index is -1.82. The summed E-state index contributed by atoms with van der Waals surface area (Å²) >= 11 is 0. The van der Waals surface area contributed by atoms with Crippen LogP contribution in [0.25, 0.3) is 10.9 Å². The molecule has 0 saturated carbocycles. The summed E-state index contributed by atoms with van der Waals surface area (Å²) in [5, 5.41) is 27.8. The van der Waals surface area contributed by atoms with E-state index in [-0.39, 0.29) is 18.3 Å². The fraction of sp³-hybridized carbons (Fsp3) is 0.393. The first-order valence-corrected chi connectivity index (χ1v) is 12.7. The van der Waals surface area contributed by atoms with Gasteiger partial charge in [-0.1, -0.05) is 24.3 Å². The Bertz CT molecular complexity index is 1210. The molecule has 0 aliphatic carbocycles. The Balaban J connectivity index is 0.000000599. The molecule has 4 rings (SSSR count). The van der Waals surface area contributed by atoms with E-state index in [0.717, 1.165) is 44.5 Å². The van der Waals surface area contributed by atoms with E-state index >= 15 is 0 Å². The van der Waals surface area contributed by atoms with Crippen LogP contribution < -0.4 is 5.32 Å². The molecule has 1 amide bonds. The van der Waals surface area contributed by atoms with Crippen molar-refractivity contribution in [2.24, 2.45) is 0 Å². The number of carbonyl (C=O) groups is 3. The van der Waals surface area contributed by atoms with Gasteiger partial charge in [-0.3, -0.25) is 4.79 Å². The summed E-state index contributed by atoms with van der Waals surface area (Å²) in [4.78, 5) is 32.5. The average molecular weight is 528 g/mol. The molecule has 2 aromatic carbocycles. The van der Waals surface area contributed by atoms with Crippen molar-refractivity contribution in [3.05, 3.63) is 71.7 Å². The second-order valence-electron chi connectivity index (χ2n) is 9.28. The van der Waals surface area contributed by atoms with E-state index in [0.29, 0.717) is 25.4 Å². The molecule has 0 radical (unpaired) electrons. The highest BCUT2D eigenvalue weighted by molar-refractivity contribution is 6.27. The van der Waals surface area contributed by atoms with Crippen LogP contribution in [0.4, 0.5) is 4.39 Å². The quantitative estimate of drug-likeness (QED) is 0.314. The van der Waals surface area contributed by atoms with Gasteiger partial charge in [0.15, 0.2) is 0 Å². The highest BCUT2D eigenvalue weighted by Crippen LogP contribution is 2.28. The van der Waals surface area contributed by atoms with Crippen molar-refractivity contribution in [1.29, 1.82) is 0 Å². The van der Waals surface area contributed by atoms with Crippen LogP contribution in [-0.4, -0.2) is 68.9 Å². The van der Waals surface area contributed by atoms with Gasteiger partial charge in [0, 0.05) is 57.0 Å². The number of fused-ring (bicyclic) bond motifs is 1. The molecule has 0 spiro atoms. The molecule has 1 aliphatic heterocycles. The summed E-state index contributed by atoms with van der Waals surface area (Å²) in [6, 6.07) is 15.8. The fourth-order valence-corrected chi connectivity index (χ4v) is 4.51. The second kappa shape index (κ2) is 14.3. The number of nitrogens with one attached hydrogen (secondary N) is 1. The topological polar surface area (TPSA) is 132 Å². The van der Waals surface area contributed by atoms with Gasteiger partial charge in [-0.15, -0.1) is 0 Å². The Morgan fingerprint density at radius 2 is 1.61 bits per heavy atom. The number of benzene rings is 2. The van der Waals surface area contributed by atoms with Gasteiger partial charge in [-0.25, -0.2) is 14.0 Å². The number of aliphatic carboxylic acids is 2. The lowest BCUT2D eigenvalue weighted by Gasteiger charge is -2.33. The third-order valence-corrected chi connectivity index (χ3v) is 6.60. The lowest BCUT2D eigenvalue weighted by Crippen LogP contribution is -2.35. The lowest BCUT2D eigenvalue weighted by atomic mass is 10.0. The first-order chi connectivity index (χ1) is 18.3. The molecule has 9 nitrogen and oxygen atoms in total. The maximum Gasteiger partial charge on any atom is 0.414 e. The molecule has 4 N–H and O–H groups in total. The Morgan fingerprint density at radius 1 is 0.947 bits per heavy atom. The third kappa shape index (κ3) is 8.67. The molecular formula is C28H34FN3O6. The highest BCUT2D eigenvalue weighted by atomic mass is 19.1. The molecule has 1 aliphatic rings. The van der Waals surface area contributed by atoms with Crippen molar-refractivity contribution in [3.8, 4) is 0 Å². The normalized spacial score (nSPS) is 14.1. The van der Waals surface area contributed by atoms with Crippen LogP contribution in [0, 0.1) is 5.82 Å². The Labute approximate surface area is 220 Å². The summed E-state index contributed by atoms with van der Waals surface area (Å²) in [6.07, 6.45) is 6.20. The van der Waals surface area contributed by atoms with Crippen LogP contribution >= 0.6 is 0 Å². The van der Waals surface area contributed by atoms with E-state index in [1.54, 1.807) is 0 Å². The van der Waals surface area contributed by atoms with Gasteiger partial charge < -0.3 is 30.1 Å². The van der Waals surface area contributed by atoms with E-state index < -0.39 is 11.9 Å². The SMILES string of the molecule is O=C(CCCO)NCc1ccc2ccn(C3CCN(CCc4ccc(F)cc4)CC3)c2c1.O=C(O)C(=O)O. The maximum atomic E-state index is 13.1. The molecule has 1 aromatic heterocycles. The van der Waals surface area contributed by atoms with Crippen LogP contribution in [0.3, 0.4) is 0 Å². The summed E-state index contributed by atoms with van der Waals surface area (Å²) in [7, 11) is 0. The number of aromatic nitrogens is 1. The number of halogens is 1. The zero-order valence-electron chi connectivity index (χ0n) is 21.2. The first kappa shape index (κ1) is 28.8. The number of nitrogens with zero attached hydrogens (tertiary/aromatic N) is 2. The minimum absolute atomic E-state index is 0.0254. The van der Waals surface area contributed by atoms with Crippen molar-refractivity contribution in [1.82, 2.24) is 14.8 Å². The summed E-state index contributed by atoms with van der Waals surface area (Å²) in [6.45, 7) is 3.67. The van der Waals surface area contributed by atoms with Crippen LogP contribution in [0.15, 0.2) is 54.7 Å².